The summed E-state index contributed by atoms with van der Waals surface area (Å²) in [7, 11) is 0. The highest BCUT2D eigenvalue weighted by atomic mass is 16.4. The van der Waals surface area contributed by atoms with Crippen molar-refractivity contribution < 1.29 is 9.21 Å². The summed E-state index contributed by atoms with van der Waals surface area (Å²) in [4.78, 5) is 25.0. The summed E-state index contributed by atoms with van der Waals surface area (Å²) < 4.78 is 7.69. The Labute approximate surface area is 142 Å². The molecule has 0 aromatic carbocycles. The van der Waals surface area contributed by atoms with E-state index < -0.39 is 0 Å². The van der Waals surface area contributed by atoms with E-state index in [2.05, 4.69) is 26.4 Å². The molecule has 2 aromatic rings. The number of hydrogen-bond donors (Lipinski definition) is 0. The van der Waals surface area contributed by atoms with Crippen LogP contribution in [0.25, 0.3) is 0 Å². The van der Waals surface area contributed by atoms with E-state index >= 15 is 0 Å². The molecule has 1 aliphatic rings. The molecule has 1 fully saturated rings. The number of carbonyl (C=O) groups is 1. The topological polar surface area (TPSA) is 67.4 Å². The van der Waals surface area contributed by atoms with Crippen molar-refractivity contribution in [2.24, 2.45) is 0 Å². The van der Waals surface area contributed by atoms with Crippen LogP contribution in [0.2, 0.25) is 0 Å². The molecule has 0 N–H and O–H groups in total. The highest BCUT2D eigenvalue weighted by molar-refractivity contribution is 5.73. The molecule has 130 valence electrons. The Kier molecular flexibility index (Phi) is 4.99. The Morgan fingerprint density at radius 2 is 2.29 bits per heavy atom. The van der Waals surface area contributed by atoms with Gasteiger partial charge in [-0.2, -0.15) is 0 Å². The van der Waals surface area contributed by atoms with Gasteiger partial charge in [0.1, 0.15) is 11.6 Å². The summed E-state index contributed by atoms with van der Waals surface area (Å²) in [5, 5.41) is 0. The van der Waals surface area contributed by atoms with Gasteiger partial charge in [-0.05, 0) is 20.3 Å². The lowest BCUT2D eigenvalue weighted by Crippen LogP contribution is -2.40. The lowest BCUT2D eigenvalue weighted by atomic mass is 10.2. The first-order chi connectivity index (χ1) is 11.6. The van der Waals surface area contributed by atoms with E-state index in [-0.39, 0.29) is 11.9 Å². The summed E-state index contributed by atoms with van der Waals surface area (Å²) in [5.74, 6) is 2.51. The van der Waals surface area contributed by atoms with Gasteiger partial charge in [0.15, 0.2) is 0 Å². The van der Waals surface area contributed by atoms with Crippen LogP contribution in [0.5, 0.6) is 0 Å². The zero-order valence-electron chi connectivity index (χ0n) is 14.6. The van der Waals surface area contributed by atoms with Crippen LogP contribution in [0.15, 0.2) is 23.0 Å². The molecule has 24 heavy (non-hydrogen) atoms. The van der Waals surface area contributed by atoms with Gasteiger partial charge in [0.2, 0.25) is 11.8 Å². The van der Waals surface area contributed by atoms with Crippen LogP contribution in [0.1, 0.15) is 37.7 Å². The number of nitrogens with zero attached hydrogens (tertiary/aromatic N) is 5. The third kappa shape index (κ3) is 3.67. The quantitative estimate of drug-likeness (QED) is 0.808. The molecule has 1 aliphatic heterocycles. The molecule has 0 aliphatic carbocycles. The smallest absolute Gasteiger partial charge is 0.220 e. The lowest BCUT2D eigenvalue weighted by Gasteiger charge is -2.27. The maximum absolute atomic E-state index is 12.1. The molecule has 0 radical (unpaired) electrons. The molecule has 3 rings (SSSR count). The summed E-state index contributed by atoms with van der Waals surface area (Å²) in [6.45, 7) is 9.60. The fourth-order valence-electron chi connectivity index (χ4n) is 3.31. The number of imidazole rings is 1. The number of hydrogen-bond acceptors (Lipinski definition) is 5. The molecule has 3 heterocycles. The molecule has 1 atom stereocenters. The molecule has 7 heteroatoms. The average molecular weight is 331 g/mol. The van der Waals surface area contributed by atoms with Gasteiger partial charge >= 0.3 is 0 Å². The van der Waals surface area contributed by atoms with Crippen LogP contribution >= 0.6 is 0 Å². The van der Waals surface area contributed by atoms with Crippen LogP contribution in [0.3, 0.4) is 0 Å². The van der Waals surface area contributed by atoms with Gasteiger partial charge in [-0.3, -0.25) is 9.69 Å². The predicted octanol–water partition coefficient (Wildman–Crippen LogP) is 1.82. The number of aryl methyl sites for hydroxylation is 2. The summed E-state index contributed by atoms with van der Waals surface area (Å²) in [6.07, 6.45) is 6.51. The van der Waals surface area contributed by atoms with Gasteiger partial charge in [-0.15, -0.1) is 0 Å². The lowest BCUT2D eigenvalue weighted by molar-refractivity contribution is -0.132. The number of rotatable bonds is 6. The van der Waals surface area contributed by atoms with Gasteiger partial charge in [-0.25, -0.2) is 9.97 Å². The number of aromatic nitrogens is 3. The van der Waals surface area contributed by atoms with Gasteiger partial charge in [-0.1, -0.05) is 0 Å². The van der Waals surface area contributed by atoms with Crippen LogP contribution < -0.4 is 0 Å². The first-order valence-electron chi connectivity index (χ1n) is 8.47. The molecule has 0 saturated carbocycles. The van der Waals surface area contributed by atoms with Crippen molar-refractivity contribution in [3.05, 3.63) is 36.1 Å². The Morgan fingerprint density at radius 3 is 2.96 bits per heavy atom. The van der Waals surface area contributed by atoms with Crippen molar-refractivity contribution in [3.63, 3.8) is 0 Å². The summed E-state index contributed by atoms with van der Waals surface area (Å²) in [6, 6.07) is 0.194. The molecule has 7 nitrogen and oxygen atoms in total. The van der Waals surface area contributed by atoms with Gasteiger partial charge in [0.25, 0.3) is 0 Å². The van der Waals surface area contributed by atoms with Crippen molar-refractivity contribution in [1.29, 1.82) is 0 Å². The molecule has 0 spiro atoms. The second-order valence-corrected chi connectivity index (χ2v) is 6.32. The van der Waals surface area contributed by atoms with Crippen molar-refractivity contribution >= 4 is 5.91 Å². The van der Waals surface area contributed by atoms with E-state index in [1.807, 2.05) is 24.2 Å². The van der Waals surface area contributed by atoms with E-state index in [1.165, 1.54) is 0 Å². The first kappa shape index (κ1) is 16.7. The van der Waals surface area contributed by atoms with E-state index in [0.717, 1.165) is 44.2 Å². The third-order valence-electron chi connectivity index (χ3n) is 4.57. The molecule has 1 amide bonds. The van der Waals surface area contributed by atoms with Crippen LogP contribution in [0.4, 0.5) is 0 Å². The Hall–Kier alpha value is -2.15. The van der Waals surface area contributed by atoms with Crippen molar-refractivity contribution in [3.8, 4) is 0 Å². The normalized spacial score (nSPS) is 18.2. The largest absolute Gasteiger partial charge is 0.444 e. The predicted molar refractivity (Wildman–Crippen MR) is 89.0 cm³/mol. The Bertz CT molecular complexity index is 693. The summed E-state index contributed by atoms with van der Waals surface area (Å²) >= 11 is 0. The standard InChI is InChI=1S/C17H25N5O2/c1-4-21-8-6-18-16(21)11-20-7-5-15(10-20)22(14(3)23)12-17-19-9-13(2)24-17/h6,8-9,15H,4-5,7,10-12H2,1-3H3. The number of oxazole rings is 1. The van der Waals surface area contributed by atoms with Crippen molar-refractivity contribution in [1.82, 2.24) is 24.3 Å². The zero-order chi connectivity index (χ0) is 17.1. The van der Waals surface area contributed by atoms with Crippen molar-refractivity contribution in [2.45, 2.75) is 52.9 Å². The van der Waals surface area contributed by atoms with E-state index in [9.17, 15) is 4.79 Å². The fourth-order valence-corrected chi connectivity index (χ4v) is 3.31. The van der Waals surface area contributed by atoms with Gasteiger partial charge < -0.3 is 13.9 Å². The van der Waals surface area contributed by atoms with Crippen LogP contribution in [-0.2, 0) is 24.4 Å². The molecule has 2 aromatic heterocycles. The summed E-state index contributed by atoms with van der Waals surface area (Å²) in [5.41, 5.74) is 0. The minimum atomic E-state index is 0.0627. The van der Waals surface area contributed by atoms with Crippen LogP contribution in [-0.4, -0.2) is 49.4 Å². The number of likely N-dealkylation sites (tertiary alicyclic amines) is 1. The third-order valence-corrected chi connectivity index (χ3v) is 4.57. The number of amides is 1. The average Bonchev–Trinajstić information content (AvgIpc) is 3.26. The molecular formula is C17H25N5O2. The van der Waals surface area contributed by atoms with Crippen LogP contribution in [0, 0.1) is 6.92 Å². The van der Waals surface area contributed by atoms with Crippen molar-refractivity contribution in [2.75, 3.05) is 13.1 Å². The van der Waals surface area contributed by atoms with E-state index in [4.69, 9.17) is 4.42 Å². The van der Waals surface area contributed by atoms with E-state index in [1.54, 1.807) is 13.1 Å². The fraction of sp³-hybridized carbons (Fsp3) is 0.588. The second kappa shape index (κ2) is 7.17. The van der Waals surface area contributed by atoms with Gasteiger partial charge in [0.05, 0.1) is 19.3 Å². The SMILES string of the molecule is CCn1ccnc1CN1CCC(N(Cc2ncc(C)o2)C(C)=O)C1. The monoisotopic (exact) mass is 331 g/mol. The molecule has 1 unspecified atom stereocenters. The minimum absolute atomic E-state index is 0.0627. The minimum Gasteiger partial charge on any atom is -0.444 e. The highest BCUT2D eigenvalue weighted by Crippen LogP contribution is 2.20. The van der Waals surface area contributed by atoms with E-state index in [0.29, 0.717) is 12.4 Å². The number of carbonyl (C=O) groups excluding carboxylic acids is 1. The maximum atomic E-state index is 12.1. The molecule has 0 bridgehead atoms. The maximum Gasteiger partial charge on any atom is 0.220 e. The Morgan fingerprint density at radius 1 is 1.46 bits per heavy atom. The zero-order valence-corrected chi connectivity index (χ0v) is 14.6. The molecular weight excluding hydrogens is 306 g/mol. The molecule has 1 saturated heterocycles. The van der Waals surface area contributed by atoms with Gasteiger partial charge in [0, 0.05) is 45.0 Å². The first-order valence-corrected chi connectivity index (χ1v) is 8.47. The highest BCUT2D eigenvalue weighted by Gasteiger charge is 2.30. The second-order valence-electron chi connectivity index (χ2n) is 6.32. The Balaban J connectivity index is 1.62.